The van der Waals surface area contributed by atoms with Crippen LogP contribution in [0.3, 0.4) is 0 Å². The Kier molecular flexibility index (Phi) is 7.68. The lowest BCUT2D eigenvalue weighted by Gasteiger charge is -2.39. The largest absolute Gasteiger partial charge is 0.461 e. The minimum Gasteiger partial charge on any atom is -0.461 e. The zero-order valence-electron chi connectivity index (χ0n) is 25.1. The molecule has 0 aromatic heterocycles. The van der Waals surface area contributed by atoms with Gasteiger partial charge in [-0.3, -0.25) is 14.4 Å². The van der Waals surface area contributed by atoms with Crippen LogP contribution < -0.4 is 4.90 Å². The number of carbonyl (C=O) groups excluding carboxylic acids is 3. The van der Waals surface area contributed by atoms with E-state index in [0.717, 1.165) is 10.8 Å². The van der Waals surface area contributed by atoms with Crippen molar-refractivity contribution in [2.24, 2.45) is 17.8 Å². The van der Waals surface area contributed by atoms with Crippen LogP contribution in [0.1, 0.15) is 31.9 Å². The maximum Gasteiger partial charge on any atom is 0.313 e. The van der Waals surface area contributed by atoms with Crippen LogP contribution in [0.5, 0.6) is 0 Å². The van der Waals surface area contributed by atoms with E-state index in [1.54, 1.807) is 11.0 Å². The zero-order valence-corrected chi connectivity index (χ0v) is 25.1. The Labute approximate surface area is 257 Å². The number of ether oxygens (including phenoxy) is 2. The highest BCUT2D eigenvalue weighted by molar-refractivity contribution is 6.06. The maximum absolute atomic E-state index is 15.1. The Hall–Kier alpha value is -4.27. The van der Waals surface area contributed by atoms with E-state index < -0.39 is 53.6 Å². The van der Waals surface area contributed by atoms with E-state index in [0.29, 0.717) is 17.7 Å². The molecule has 2 bridgehead atoms. The number of hydrogen-bond donors (Lipinski definition) is 1. The van der Waals surface area contributed by atoms with Gasteiger partial charge < -0.3 is 24.4 Å². The van der Waals surface area contributed by atoms with E-state index in [-0.39, 0.29) is 25.0 Å². The van der Waals surface area contributed by atoms with Crippen molar-refractivity contribution in [3.63, 3.8) is 0 Å². The van der Waals surface area contributed by atoms with Gasteiger partial charge in [-0.1, -0.05) is 86.3 Å². The van der Waals surface area contributed by atoms with Crippen molar-refractivity contribution in [2.45, 2.75) is 43.6 Å². The number of carbonyl (C=O) groups is 3. The monoisotopic (exact) mass is 594 g/mol. The van der Waals surface area contributed by atoms with E-state index in [1.807, 2.05) is 86.6 Å². The Morgan fingerprint density at radius 3 is 2.48 bits per heavy atom. The van der Waals surface area contributed by atoms with Gasteiger partial charge in [0.2, 0.25) is 5.91 Å². The molecule has 7 atom stereocenters. The van der Waals surface area contributed by atoms with Crippen LogP contribution in [0.4, 0.5) is 5.69 Å². The van der Waals surface area contributed by atoms with Gasteiger partial charge in [-0.05, 0) is 47.7 Å². The van der Waals surface area contributed by atoms with Crippen LogP contribution in [0.15, 0.2) is 98.1 Å². The fourth-order valence-electron chi connectivity index (χ4n) is 7.85. The van der Waals surface area contributed by atoms with Crippen LogP contribution in [0.2, 0.25) is 0 Å². The standard InChI is InChI=1S/C36H38N2O6/c1-5-18-37(27-17-16-24-12-10-11-15-26(24)20-27)33(41)31-36-21-23(3)35(4,44-36)30(34(42)43-19-6-2)29(36)32(40)38(31)28(22-39)25-13-8-7-9-14-25/h5-17,20,23,28-31,39H,1-2,18-19,21-22H2,3-4H3/t23?,28-,29+,30+,31?,35-,36?/m1/s1. The average Bonchev–Trinajstić information content (AvgIpc) is 3.55. The number of amides is 2. The molecule has 2 amide bonds. The third-order valence-electron chi connectivity index (χ3n) is 9.90. The van der Waals surface area contributed by atoms with Crippen molar-refractivity contribution in [3.05, 3.63) is 104 Å². The molecule has 3 aliphatic heterocycles. The molecule has 1 spiro atoms. The predicted octanol–water partition coefficient (Wildman–Crippen LogP) is 4.83. The third-order valence-corrected chi connectivity index (χ3v) is 9.90. The van der Waals surface area contributed by atoms with Gasteiger partial charge in [-0.25, -0.2) is 0 Å². The lowest BCUT2D eigenvalue weighted by atomic mass is 9.62. The number of esters is 1. The summed E-state index contributed by atoms with van der Waals surface area (Å²) >= 11 is 0. The van der Waals surface area contributed by atoms with Gasteiger partial charge in [0.05, 0.1) is 24.2 Å². The quantitative estimate of drug-likeness (QED) is 0.267. The number of aliphatic hydroxyl groups excluding tert-OH is 1. The molecule has 0 radical (unpaired) electrons. The molecule has 8 heteroatoms. The molecule has 3 saturated heterocycles. The Morgan fingerprint density at radius 2 is 1.80 bits per heavy atom. The van der Waals surface area contributed by atoms with Crippen LogP contribution in [0, 0.1) is 17.8 Å². The van der Waals surface area contributed by atoms with Crippen molar-refractivity contribution in [2.75, 3.05) is 24.7 Å². The molecule has 8 nitrogen and oxygen atoms in total. The molecule has 6 rings (SSSR count). The average molecular weight is 595 g/mol. The topological polar surface area (TPSA) is 96.4 Å². The number of likely N-dealkylation sites (tertiary alicyclic amines) is 1. The van der Waals surface area contributed by atoms with E-state index in [9.17, 15) is 14.7 Å². The second kappa shape index (κ2) is 11.3. The summed E-state index contributed by atoms with van der Waals surface area (Å²) in [6.07, 6.45) is 3.53. The van der Waals surface area contributed by atoms with Gasteiger partial charge in [-0.15, -0.1) is 6.58 Å². The minimum absolute atomic E-state index is 0.00185. The molecule has 1 N–H and O–H groups in total. The first-order chi connectivity index (χ1) is 21.2. The summed E-state index contributed by atoms with van der Waals surface area (Å²) in [7, 11) is 0. The summed E-state index contributed by atoms with van der Waals surface area (Å²) in [5, 5.41) is 12.8. The number of hydrogen-bond acceptors (Lipinski definition) is 6. The van der Waals surface area contributed by atoms with Gasteiger partial charge >= 0.3 is 5.97 Å². The van der Waals surface area contributed by atoms with Gasteiger partial charge in [0.15, 0.2) is 0 Å². The normalized spacial score (nSPS) is 29.3. The van der Waals surface area contributed by atoms with Gasteiger partial charge in [0.25, 0.3) is 5.91 Å². The molecule has 3 aliphatic rings. The number of benzene rings is 3. The smallest absolute Gasteiger partial charge is 0.313 e. The molecule has 3 unspecified atom stereocenters. The number of rotatable bonds is 10. The van der Waals surface area contributed by atoms with Crippen LogP contribution in [-0.2, 0) is 23.9 Å². The summed E-state index contributed by atoms with van der Waals surface area (Å²) in [5.74, 6) is -3.36. The molecular formula is C36H38N2O6. The van der Waals surface area contributed by atoms with E-state index in [2.05, 4.69) is 13.2 Å². The molecule has 3 aromatic rings. The molecular weight excluding hydrogens is 556 g/mol. The first-order valence-corrected chi connectivity index (χ1v) is 15.1. The fourth-order valence-corrected chi connectivity index (χ4v) is 7.85. The van der Waals surface area contributed by atoms with Crippen molar-refractivity contribution < 1.29 is 29.0 Å². The molecule has 0 aliphatic carbocycles. The van der Waals surface area contributed by atoms with Gasteiger partial charge in [-0.2, -0.15) is 0 Å². The minimum atomic E-state index is -1.31. The van der Waals surface area contributed by atoms with Gasteiger partial charge in [0.1, 0.15) is 24.2 Å². The van der Waals surface area contributed by atoms with Gasteiger partial charge in [0, 0.05) is 12.2 Å². The summed E-state index contributed by atoms with van der Waals surface area (Å²) in [6.45, 7) is 11.2. The number of nitrogens with zero attached hydrogens (tertiary/aromatic N) is 2. The molecule has 44 heavy (non-hydrogen) atoms. The van der Waals surface area contributed by atoms with Crippen molar-refractivity contribution in [1.29, 1.82) is 0 Å². The van der Waals surface area contributed by atoms with Crippen molar-refractivity contribution >= 4 is 34.2 Å². The van der Waals surface area contributed by atoms with Crippen LogP contribution in [0.25, 0.3) is 10.8 Å². The second-order valence-electron chi connectivity index (χ2n) is 12.2. The Morgan fingerprint density at radius 1 is 1.09 bits per heavy atom. The highest BCUT2D eigenvalue weighted by atomic mass is 16.6. The van der Waals surface area contributed by atoms with E-state index >= 15 is 4.79 Å². The first kappa shape index (κ1) is 29.8. The fraction of sp³-hybridized carbons (Fsp3) is 0.361. The molecule has 3 fully saturated rings. The summed E-state index contributed by atoms with van der Waals surface area (Å²) in [5.41, 5.74) is -0.997. The number of fused-ring (bicyclic) bond motifs is 2. The summed E-state index contributed by atoms with van der Waals surface area (Å²) < 4.78 is 12.4. The third kappa shape index (κ3) is 4.39. The zero-order chi connectivity index (χ0) is 31.2. The Balaban J connectivity index is 1.52. The van der Waals surface area contributed by atoms with Crippen LogP contribution >= 0.6 is 0 Å². The summed E-state index contributed by atoms with van der Waals surface area (Å²) in [4.78, 5) is 46.5. The van der Waals surface area contributed by atoms with Crippen molar-refractivity contribution in [3.8, 4) is 0 Å². The van der Waals surface area contributed by atoms with E-state index in [4.69, 9.17) is 9.47 Å². The summed E-state index contributed by atoms with van der Waals surface area (Å²) in [6, 6.07) is 20.9. The number of aliphatic hydroxyl groups is 1. The SMILES string of the molecule is C=CCOC(=O)[C@@H]1[C@H]2C(=O)N([C@H](CO)c3ccccc3)C(C(=O)N(CC=C)c3ccc4ccccc4c3)C23CC(C)[C@@]1(C)O3. The molecule has 228 valence electrons. The van der Waals surface area contributed by atoms with E-state index in [1.165, 1.54) is 11.0 Å². The lowest BCUT2D eigenvalue weighted by molar-refractivity contribution is -0.161. The lowest BCUT2D eigenvalue weighted by Crippen LogP contribution is -2.57. The number of anilines is 1. The second-order valence-corrected chi connectivity index (χ2v) is 12.2. The van der Waals surface area contributed by atoms with Crippen molar-refractivity contribution in [1.82, 2.24) is 4.90 Å². The predicted molar refractivity (Wildman–Crippen MR) is 168 cm³/mol. The molecule has 0 saturated carbocycles. The molecule has 3 aromatic carbocycles. The first-order valence-electron chi connectivity index (χ1n) is 15.1. The maximum atomic E-state index is 15.1. The molecule has 3 heterocycles. The highest BCUT2D eigenvalue weighted by Crippen LogP contribution is 2.66. The van der Waals surface area contributed by atoms with Crippen LogP contribution in [-0.4, -0.2) is 64.8 Å². The highest BCUT2D eigenvalue weighted by Gasteiger charge is 2.81. The Bertz CT molecular complexity index is 1620.